The molecule has 0 radical (unpaired) electrons. The first-order chi connectivity index (χ1) is 10.4. The third kappa shape index (κ3) is 4.46. The molecule has 22 heavy (non-hydrogen) atoms. The van der Waals surface area contributed by atoms with Crippen molar-refractivity contribution in [2.45, 2.75) is 25.8 Å². The summed E-state index contributed by atoms with van der Waals surface area (Å²) >= 11 is 0. The quantitative estimate of drug-likeness (QED) is 0.712. The summed E-state index contributed by atoms with van der Waals surface area (Å²) in [5.74, 6) is -1.83. The largest absolute Gasteiger partial charge is 0.497 e. The van der Waals surface area contributed by atoms with Crippen LogP contribution in [0, 0.1) is 5.92 Å². The van der Waals surface area contributed by atoms with E-state index >= 15 is 0 Å². The van der Waals surface area contributed by atoms with Gasteiger partial charge >= 0.3 is 11.9 Å². The maximum atomic E-state index is 11.9. The minimum atomic E-state index is -1.02. The zero-order valence-corrected chi connectivity index (χ0v) is 13.4. The Morgan fingerprint density at radius 2 is 2.00 bits per heavy atom. The van der Waals surface area contributed by atoms with Crippen LogP contribution >= 0.6 is 0 Å². The SMILES string of the molecule is CNCc1cc(OC)ccc1C(C)C(CC(=O)O)C(=O)OC. The van der Waals surface area contributed by atoms with Crippen LogP contribution in [0.1, 0.15) is 30.4 Å². The normalized spacial score (nSPS) is 13.3. The van der Waals surface area contributed by atoms with Crippen LogP contribution in [0.25, 0.3) is 0 Å². The Kier molecular flexibility index (Phi) is 6.85. The molecule has 1 aromatic carbocycles. The number of rotatable bonds is 8. The number of carboxylic acids is 1. The third-order valence-corrected chi connectivity index (χ3v) is 3.71. The van der Waals surface area contributed by atoms with E-state index in [2.05, 4.69) is 5.32 Å². The van der Waals surface area contributed by atoms with Crippen LogP contribution < -0.4 is 10.1 Å². The van der Waals surface area contributed by atoms with E-state index in [4.69, 9.17) is 14.6 Å². The minimum absolute atomic E-state index is 0.265. The molecule has 2 unspecified atom stereocenters. The summed E-state index contributed by atoms with van der Waals surface area (Å²) < 4.78 is 9.97. The summed E-state index contributed by atoms with van der Waals surface area (Å²) in [6.45, 7) is 2.43. The second-order valence-electron chi connectivity index (χ2n) is 5.11. The molecule has 2 N–H and O–H groups in total. The number of hydrogen-bond donors (Lipinski definition) is 2. The highest BCUT2D eigenvalue weighted by Crippen LogP contribution is 2.32. The summed E-state index contributed by atoms with van der Waals surface area (Å²) in [4.78, 5) is 23.0. The fourth-order valence-electron chi connectivity index (χ4n) is 2.52. The molecule has 0 aliphatic carbocycles. The second kappa shape index (κ2) is 8.38. The van der Waals surface area contributed by atoms with E-state index in [-0.39, 0.29) is 12.3 Å². The van der Waals surface area contributed by atoms with Crippen molar-refractivity contribution in [2.75, 3.05) is 21.3 Å². The molecular formula is C16H23NO5. The average molecular weight is 309 g/mol. The Labute approximate surface area is 130 Å². The van der Waals surface area contributed by atoms with Gasteiger partial charge in [-0.25, -0.2) is 0 Å². The van der Waals surface area contributed by atoms with Gasteiger partial charge in [0, 0.05) is 6.54 Å². The predicted molar refractivity (Wildman–Crippen MR) is 81.9 cm³/mol. The van der Waals surface area contributed by atoms with Crippen molar-refractivity contribution in [1.29, 1.82) is 0 Å². The molecule has 0 saturated carbocycles. The fraction of sp³-hybridized carbons (Fsp3) is 0.500. The number of methoxy groups -OCH3 is 2. The van der Waals surface area contributed by atoms with E-state index in [1.807, 2.05) is 26.1 Å². The second-order valence-corrected chi connectivity index (χ2v) is 5.11. The molecule has 2 atom stereocenters. The predicted octanol–water partition coefficient (Wildman–Crippen LogP) is 1.78. The van der Waals surface area contributed by atoms with Crippen LogP contribution in [-0.2, 0) is 20.9 Å². The van der Waals surface area contributed by atoms with Crippen molar-refractivity contribution >= 4 is 11.9 Å². The zero-order valence-electron chi connectivity index (χ0n) is 13.4. The highest BCUT2D eigenvalue weighted by atomic mass is 16.5. The number of carboxylic acid groups (broad SMARTS) is 1. The van der Waals surface area contributed by atoms with Crippen LogP contribution in [-0.4, -0.2) is 38.3 Å². The van der Waals surface area contributed by atoms with Gasteiger partial charge in [0.25, 0.3) is 0 Å². The van der Waals surface area contributed by atoms with Crippen LogP contribution in [0.5, 0.6) is 5.75 Å². The lowest BCUT2D eigenvalue weighted by Gasteiger charge is -2.23. The van der Waals surface area contributed by atoms with Gasteiger partial charge in [-0.2, -0.15) is 0 Å². The van der Waals surface area contributed by atoms with Gasteiger partial charge in [0.2, 0.25) is 0 Å². The molecule has 0 fully saturated rings. The first kappa shape index (κ1) is 18.0. The molecule has 1 aromatic rings. The Morgan fingerprint density at radius 1 is 1.32 bits per heavy atom. The van der Waals surface area contributed by atoms with Crippen molar-refractivity contribution < 1.29 is 24.2 Å². The van der Waals surface area contributed by atoms with Gasteiger partial charge in [0.05, 0.1) is 26.6 Å². The standard InChI is InChI=1S/C16H23NO5/c1-10(14(8-15(18)19)16(20)22-4)13-6-5-12(21-3)7-11(13)9-17-2/h5-7,10,14,17H,8-9H2,1-4H3,(H,18,19). The lowest BCUT2D eigenvalue weighted by Crippen LogP contribution is -2.26. The molecule has 0 heterocycles. The maximum Gasteiger partial charge on any atom is 0.309 e. The van der Waals surface area contributed by atoms with Crippen LogP contribution in [0.4, 0.5) is 0 Å². The van der Waals surface area contributed by atoms with Crippen LogP contribution in [0.2, 0.25) is 0 Å². The van der Waals surface area contributed by atoms with Crippen molar-refractivity contribution in [3.8, 4) is 5.75 Å². The van der Waals surface area contributed by atoms with Crippen molar-refractivity contribution in [1.82, 2.24) is 5.32 Å². The average Bonchev–Trinajstić information content (AvgIpc) is 2.51. The highest BCUT2D eigenvalue weighted by Gasteiger charge is 2.30. The van der Waals surface area contributed by atoms with Gasteiger partial charge in [-0.3, -0.25) is 9.59 Å². The fourth-order valence-corrected chi connectivity index (χ4v) is 2.52. The minimum Gasteiger partial charge on any atom is -0.497 e. The summed E-state index contributed by atoms with van der Waals surface area (Å²) in [7, 11) is 4.68. The number of esters is 1. The summed E-state index contributed by atoms with van der Waals surface area (Å²) in [5, 5.41) is 12.1. The van der Waals surface area contributed by atoms with Gasteiger partial charge in [0.15, 0.2) is 0 Å². The Morgan fingerprint density at radius 3 is 2.50 bits per heavy atom. The molecule has 0 amide bonds. The Hall–Kier alpha value is -2.08. The number of aliphatic carboxylic acids is 1. The lowest BCUT2D eigenvalue weighted by atomic mass is 9.83. The van der Waals surface area contributed by atoms with E-state index in [0.717, 1.165) is 11.1 Å². The number of benzene rings is 1. The van der Waals surface area contributed by atoms with Crippen LogP contribution in [0.3, 0.4) is 0 Å². The number of ether oxygens (including phenoxy) is 2. The van der Waals surface area contributed by atoms with Gasteiger partial charge in [-0.15, -0.1) is 0 Å². The van der Waals surface area contributed by atoms with Gasteiger partial charge < -0.3 is 19.9 Å². The summed E-state index contributed by atoms with van der Waals surface area (Å²) in [6.07, 6.45) is -0.265. The van der Waals surface area contributed by atoms with E-state index < -0.39 is 17.9 Å². The molecule has 1 rings (SSSR count). The molecule has 0 aromatic heterocycles. The number of carbonyl (C=O) groups is 2. The van der Waals surface area contributed by atoms with E-state index in [0.29, 0.717) is 12.3 Å². The van der Waals surface area contributed by atoms with Crippen LogP contribution in [0.15, 0.2) is 18.2 Å². The molecule has 6 heteroatoms. The monoisotopic (exact) mass is 309 g/mol. The van der Waals surface area contributed by atoms with Crippen molar-refractivity contribution in [3.05, 3.63) is 29.3 Å². The molecule has 0 bridgehead atoms. The molecule has 122 valence electrons. The topological polar surface area (TPSA) is 84.9 Å². The highest BCUT2D eigenvalue weighted by molar-refractivity contribution is 5.80. The molecular weight excluding hydrogens is 286 g/mol. The first-order valence-electron chi connectivity index (χ1n) is 7.05. The van der Waals surface area contributed by atoms with E-state index in [1.165, 1.54) is 7.11 Å². The maximum absolute atomic E-state index is 11.9. The van der Waals surface area contributed by atoms with Gasteiger partial charge in [-0.05, 0) is 36.2 Å². The first-order valence-corrected chi connectivity index (χ1v) is 7.05. The Bertz CT molecular complexity index is 529. The molecule has 0 spiro atoms. The third-order valence-electron chi connectivity index (χ3n) is 3.71. The smallest absolute Gasteiger partial charge is 0.309 e. The molecule has 0 aliphatic rings. The van der Waals surface area contributed by atoms with E-state index in [1.54, 1.807) is 13.2 Å². The molecule has 6 nitrogen and oxygen atoms in total. The summed E-state index contributed by atoms with van der Waals surface area (Å²) in [5.41, 5.74) is 1.88. The number of nitrogens with one attached hydrogen (secondary N) is 1. The molecule has 0 aliphatic heterocycles. The Balaban J connectivity index is 3.18. The number of carbonyl (C=O) groups excluding carboxylic acids is 1. The van der Waals surface area contributed by atoms with Crippen molar-refractivity contribution in [2.24, 2.45) is 5.92 Å². The number of hydrogen-bond acceptors (Lipinski definition) is 5. The summed E-state index contributed by atoms with van der Waals surface area (Å²) in [6, 6.07) is 5.56. The zero-order chi connectivity index (χ0) is 16.7. The van der Waals surface area contributed by atoms with E-state index in [9.17, 15) is 9.59 Å². The van der Waals surface area contributed by atoms with Gasteiger partial charge in [-0.1, -0.05) is 13.0 Å². The van der Waals surface area contributed by atoms with Crippen molar-refractivity contribution in [3.63, 3.8) is 0 Å². The van der Waals surface area contributed by atoms with Gasteiger partial charge in [0.1, 0.15) is 5.75 Å². The lowest BCUT2D eigenvalue weighted by molar-refractivity contribution is -0.151. The molecule has 0 saturated heterocycles.